The largest absolute Gasteiger partial charge is 0.324 e. The number of rotatable bonds is 6. The molecule has 3 aromatic rings. The van der Waals surface area contributed by atoms with E-state index in [9.17, 15) is 13.2 Å². The Morgan fingerprint density at radius 2 is 1.85 bits per heavy atom. The monoisotopic (exact) mass is 386 g/mol. The van der Waals surface area contributed by atoms with Crippen LogP contribution >= 0.6 is 0 Å². The van der Waals surface area contributed by atoms with Crippen molar-refractivity contribution in [2.24, 2.45) is 0 Å². The molecule has 1 heterocycles. The number of aryl methyl sites for hydroxylation is 1. The molecule has 0 bridgehead atoms. The van der Waals surface area contributed by atoms with Crippen LogP contribution in [0.1, 0.15) is 29.8 Å². The minimum atomic E-state index is -3.65. The number of amides is 1. The molecule has 27 heavy (non-hydrogen) atoms. The van der Waals surface area contributed by atoms with Crippen molar-refractivity contribution in [3.05, 3.63) is 53.6 Å². The van der Waals surface area contributed by atoms with Crippen LogP contribution in [0.15, 0.2) is 47.4 Å². The summed E-state index contributed by atoms with van der Waals surface area (Å²) in [4.78, 5) is 20.1. The molecule has 0 spiro atoms. The van der Waals surface area contributed by atoms with Crippen LogP contribution in [0.25, 0.3) is 11.0 Å². The Balaban J connectivity index is 1.91. The number of fused-ring (bicyclic) bond motifs is 1. The number of benzene rings is 2. The van der Waals surface area contributed by atoms with Crippen LogP contribution in [-0.2, 0) is 10.0 Å². The van der Waals surface area contributed by atoms with Crippen molar-refractivity contribution < 1.29 is 13.2 Å². The van der Waals surface area contributed by atoms with Gasteiger partial charge in [-0.05, 0) is 36.8 Å². The van der Waals surface area contributed by atoms with E-state index in [2.05, 4.69) is 15.3 Å². The fraction of sp³-hybridized carbons (Fsp3) is 0.263. The van der Waals surface area contributed by atoms with E-state index >= 15 is 0 Å². The Bertz CT molecular complexity index is 1050. The lowest BCUT2D eigenvalue weighted by Crippen LogP contribution is -2.31. The third-order valence-corrected chi connectivity index (χ3v) is 6.59. The van der Waals surface area contributed by atoms with Gasteiger partial charge in [-0.2, -0.15) is 4.31 Å². The van der Waals surface area contributed by atoms with E-state index in [1.54, 1.807) is 32.9 Å². The highest BCUT2D eigenvalue weighted by molar-refractivity contribution is 7.89. The molecule has 2 N–H and O–H groups in total. The number of hydrogen-bond acceptors (Lipinski definition) is 4. The lowest BCUT2D eigenvalue weighted by atomic mass is 10.1. The zero-order chi connectivity index (χ0) is 19.6. The maximum atomic E-state index is 12.8. The van der Waals surface area contributed by atoms with Crippen LogP contribution in [0, 0.1) is 6.92 Å². The third-order valence-electron chi connectivity index (χ3n) is 4.39. The van der Waals surface area contributed by atoms with Crippen LogP contribution in [0.5, 0.6) is 0 Å². The van der Waals surface area contributed by atoms with E-state index in [1.165, 1.54) is 10.4 Å². The maximum absolute atomic E-state index is 12.8. The van der Waals surface area contributed by atoms with E-state index in [0.717, 1.165) is 11.0 Å². The minimum Gasteiger partial charge on any atom is -0.324 e. The first-order valence-corrected chi connectivity index (χ1v) is 10.2. The predicted octanol–water partition coefficient (Wildman–Crippen LogP) is 3.15. The van der Waals surface area contributed by atoms with Crippen molar-refractivity contribution in [2.45, 2.75) is 25.7 Å². The summed E-state index contributed by atoms with van der Waals surface area (Å²) in [5.41, 5.74) is 2.40. The number of carbonyl (C=O) groups excluding carboxylic acids is 1. The van der Waals surface area contributed by atoms with Crippen molar-refractivity contribution in [3.8, 4) is 0 Å². The zero-order valence-electron chi connectivity index (χ0n) is 15.5. The summed E-state index contributed by atoms with van der Waals surface area (Å²) < 4.78 is 27.1. The van der Waals surface area contributed by atoms with E-state index in [4.69, 9.17) is 0 Å². The van der Waals surface area contributed by atoms with Gasteiger partial charge in [-0.15, -0.1) is 0 Å². The van der Waals surface area contributed by atoms with Gasteiger partial charge in [-0.3, -0.25) is 10.1 Å². The Kier molecular flexibility index (Phi) is 5.29. The number of para-hydroxylation sites is 2. The number of carbonyl (C=O) groups is 1. The first-order valence-electron chi connectivity index (χ1n) is 8.73. The molecule has 1 amide bonds. The summed E-state index contributed by atoms with van der Waals surface area (Å²) in [7, 11) is -3.65. The van der Waals surface area contributed by atoms with Gasteiger partial charge in [0.15, 0.2) is 0 Å². The molecule has 0 saturated heterocycles. The quantitative estimate of drug-likeness (QED) is 0.680. The molecular weight excluding hydrogens is 364 g/mol. The molecule has 0 saturated carbocycles. The van der Waals surface area contributed by atoms with Crippen molar-refractivity contribution in [1.82, 2.24) is 14.3 Å². The molecule has 2 aromatic carbocycles. The zero-order valence-corrected chi connectivity index (χ0v) is 16.3. The highest BCUT2D eigenvalue weighted by Crippen LogP contribution is 2.22. The Labute approximate surface area is 158 Å². The minimum absolute atomic E-state index is 0.142. The first-order chi connectivity index (χ1) is 12.9. The van der Waals surface area contributed by atoms with Gasteiger partial charge in [-0.25, -0.2) is 13.4 Å². The second-order valence-electron chi connectivity index (χ2n) is 6.13. The molecule has 0 radical (unpaired) electrons. The van der Waals surface area contributed by atoms with Crippen LogP contribution < -0.4 is 5.32 Å². The molecule has 1 aromatic heterocycles. The van der Waals surface area contributed by atoms with Gasteiger partial charge in [0.05, 0.1) is 15.9 Å². The van der Waals surface area contributed by atoms with E-state index in [1.807, 2.05) is 24.3 Å². The Morgan fingerprint density at radius 1 is 1.15 bits per heavy atom. The highest BCUT2D eigenvalue weighted by Gasteiger charge is 2.24. The summed E-state index contributed by atoms with van der Waals surface area (Å²) in [6, 6.07) is 12.1. The Morgan fingerprint density at radius 3 is 2.52 bits per heavy atom. The van der Waals surface area contributed by atoms with E-state index in [-0.39, 0.29) is 10.5 Å². The van der Waals surface area contributed by atoms with Crippen molar-refractivity contribution >= 4 is 32.9 Å². The lowest BCUT2D eigenvalue weighted by molar-refractivity contribution is 0.102. The third kappa shape index (κ3) is 3.72. The van der Waals surface area contributed by atoms with Gasteiger partial charge in [0.25, 0.3) is 5.91 Å². The highest BCUT2D eigenvalue weighted by atomic mass is 32.2. The summed E-state index contributed by atoms with van der Waals surface area (Å²) >= 11 is 0. The van der Waals surface area contributed by atoms with Crippen molar-refractivity contribution in [1.29, 1.82) is 0 Å². The normalized spacial score (nSPS) is 11.9. The van der Waals surface area contributed by atoms with E-state index < -0.39 is 15.9 Å². The summed E-state index contributed by atoms with van der Waals surface area (Å²) in [5, 5.41) is 2.69. The number of nitrogens with zero attached hydrogens (tertiary/aromatic N) is 2. The maximum Gasteiger partial charge on any atom is 0.258 e. The molecule has 3 rings (SSSR count). The van der Waals surface area contributed by atoms with Gasteiger partial charge in [-0.1, -0.05) is 32.0 Å². The average Bonchev–Trinajstić information content (AvgIpc) is 3.04. The topological polar surface area (TPSA) is 95.2 Å². The van der Waals surface area contributed by atoms with Crippen LogP contribution in [0.2, 0.25) is 0 Å². The summed E-state index contributed by atoms with van der Waals surface area (Å²) in [6.45, 7) is 6.03. The van der Waals surface area contributed by atoms with Crippen LogP contribution in [0.4, 0.5) is 5.95 Å². The number of aromatic amines is 1. The van der Waals surface area contributed by atoms with Crippen LogP contribution in [-0.4, -0.2) is 41.7 Å². The molecule has 0 aliphatic heterocycles. The number of imidazole rings is 1. The average molecular weight is 386 g/mol. The molecule has 0 aliphatic rings. The van der Waals surface area contributed by atoms with Crippen molar-refractivity contribution in [2.75, 3.05) is 18.4 Å². The van der Waals surface area contributed by atoms with Gasteiger partial charge in [0, 0.05) is 18.7 Å². The van der Waals surface area contributed by atoms with Gasteiger partial charge in [0.2, 0.25) is 16.0 Å². The number of H-pyrrole nitrogens is 1. The molecule has 0 atom stereocenters. The molecule has 7 nitrogen and oxygen atoms in total. The molecule has 0 fully saturated rings. The van der Waals surface area contributed by atoms with E-state index in [0.29, 0.717) is 24.6 Å². The fourth-order valence-electron chi connectivity index (χ4n) is 2.91. The van der Waals surface area contributed by atoms with Gasteiger partial charge < -0.3 is 4.98 Å². The molecule has 8 heteroatoms. The predicted molar refractivity (Wildman–Crippen MR) is 105 cm³/mol. The van der Waals surface area contributed by atoms with Crippen molar-refractivity contribution in [3.63, 3.8) is 0 Å². The van der Waals surface area contributed by atoms with Gasteiger partial charge in [0.1, 0.15) is 0 Å². The SMILES string of the molecule is CCN(CC)S(=O)(=O)c1cc(C(=O)Nc2nc3ccccc3[nH]2)ccc1C. The number of sulfonamides is 1. The summed E-state index contributed by atoms with van der Waals surface area (Å²) in [5.74, 6) is -0.111. The second kappa shape index (κ2) is 7.50. The molecule has 142 valence electrons. The number of anilines is 1. The lowest BCUT2D eigenvalue weighted by Gasteiger charge is -2.20. The Hall–Kier alpha value is -2.71. The number of nitrogens with one attached hydrogen (secondary N) is 2. The summed E-state index contributed by atoms with van der Waals surface area (Å²) in [6.07, 6.45) is 0. The first kappa shape index (κ1) is 19.1. The van der Waals surface area contributed by atoms with Crippen LogP contribution in [0.3, 0.4) is 0 Å². The standard InChI is InChI=1S/C19H22N4O3S/c1-4-23(5-2)27(25,26)17-12-14(11-10-13(17)3)18(24)22-19-20-15-8-6-7-9-16(15)21-19/h6-12H,4-5H2,1-3H3,(H2,20,21,22,24). The molecule has 0 aliphatic carbocycles. The molecular formula is C19H22N4O3S. The smallest absolute Gasteiger partial charge is 0.258 e. The fourth-order valence-corrected chi connectivity index (χ4v) is 4.62. The van der Waals surface area contributed by atoms with Gasteiger partial charge >= 0.3 is 0 Å². The second-order valence-corrected chi connectivity index (χ2v) is 8.03. The molecule has 0 unspecified atom stereocenters. The number of hydrogen-bond donors (Lipinski definition) is 2. The number of aromatic nitrogens is 2.